The van der Waals surface area contributed by atoms with Crippen LogP contribution in [0.25, 0.3) is 0 Å². The number of nitrogens with one attached hydrogen (secondary N) is 2. The van der Waals surface area contributed by atoms with E-state index < -0.39 is 0 Å². The molecular weight excluding hydrogens is 290 g/mol. The lowest BCUT2D eigenvalue weighted by Crippen LogP contribution is -2.32. The summed E-state index contributed by atoms with van der Waals surface area (Å²) in [6.07, 6.45) is 2.50. The number of benzene rings is 1. The first-order valence-electron chi connectivity index (χ1n) is 7.72. The molecular formula is C18H23N3O2. The lowest BCUT2D eigenvalue weighted by Gasteiger charge is -2.14. The molecule has 0 saturated carbocycles. The highest BCUT2D eigenvalue weighted by molar-refractivity contribution is 5.93. The topological polar surface area (TPSA) is 63.2 Å². The zero-order valence-corrected chi connectivity index (χ0v) is 14.0. The highest BCUT2D eigenvalue weighted by Gasteiger charge is 2.11. The maximum absolute atomic E-state index is 12.2. The average molecular weight is 313 g/mol. The van der Waals surface area contributed by atoms with Crippen molar-refractivity contribution in [2.24, 2.45) is 0 Å². The monoisotopic (exact) mass is 313 g/mol. The molecule has 1 unspecified atom stereocenters. The quantitative estimate of drug-likeness (QED) is 0.854. The molecule has 2 rings (SSSR count). The molecule has 2 aromatic rings. The largest absolute Gasteiger partial charge is 0.495 e. The van der Waals surface area contributed by atoms with Gasteiger partial charge in [-0.15, -0.1) is 0 Å². The Morgan fingerprint density at radius 1 is 1.30 bits per heavy atom. The summed E-state index contributed by atoms with van der Waals surface area (Å²) in [5.74, 6) is 0.581. The number of methoxy groups -OCH3 is 1. The number of carbonyl (C=O) groups excluding carboxylic acids is 1. The summed E-state index contributed by atoms with van der Waals surface area (Å²) < 4.78 is 5.36. The van der Waals surface area contributed by atoms with Crippen molar-refractivity contribution in [1.82, 2.24) is 10.3 Å². The van der Waals surface area contributed by atoms with Crippen LogP contribution in [0.3, 0.4) is 0 Å². The van der Waals surface area contributed by atoms with Crippen molar-refractivity contribution in [3.8, 4) is 5.75 Å². The Morgan fingerprint density at radius 3 is 2.78 bits per heavy atom. The minimum Gasteiger partial charge on any atom is -0.495 e. The summed E-state index contributed by atoms with van der Waals surface area (Å²) in [5, 5.41) is 6.20. The van der Waals surface area contributed by atoms with E-state index >= 15 is 0 Å². The Balaban J connectivity index is 2.20. The van der Waals surface area contributed by atoms with Gasteiger partial charge >= 0.3 is 0 Å². The van der Waals surface area contributed by atoms with Gasteiger partial charge in [-0.1, -0.05) is 13.0 Å². The van der Waals surface area contributed by atoms with Gasteiger partial charge in [0.25, 0.3) is 5.91 Å². The minimum absolute atomic E-state index is 0.123. The van der Waals surface area contributed by atoms with Gasteiger partial charge in [-0.3, -0.25) is 9.78 Å². The fourth-order valence-electron chi connectivity index (χ4n) is 2.11. The molecule has 5 heteroatoms. The molecule has 0 fully saturated rings. The summed E-state index contributed by atoms with van der Waals surface area (Å²) >= 11 is 0. The van der Waals surface area contributed by atoms with Crippen LogP contribution in [-0.2, 0) is 0 Å². The minimum atomic E-state index is -0.167. The highest BCUT2D eigenvalue weighted by atomic mass is 16.5. The lowest BCUT2D eigenvalue weighted by atomic mass is 10.2. The van der Waals surface area contributed by atoms with Gasteiger partial charge in [-0.25, -0.2) is 0 Å². The maximum atomic E-state index is 12.2. The van der Waals surface area contributed by atoms with Crippen molar-refractivity contribution in [1.29, 1.82) is 0 Å². The van der Waals surface area contributed by atoms with Crippen LogP contribution in [0.4, 0.5) is 11.4 Å². The third-order valence-electron chi connectivity index (χ3n) is 3.62. The molecule has 2 N–H and O–H groups in total. The Morgan fingerprint density at radius 2 is 2.09 bits per heavy atom. The van der Waals surface area contributed by atoms with Gasteiger partial charge < -0.3 is 15.4 Å². The number of pyridine rings is 1. The molecule has 5 nitrogen and oxygen atoms in total. The number of anilines is 2. The molecule has 122 valence electrons. The van der Waals surface area contributed by atoms with Gasteiger partial charge in [0.1, 0.15) is 11.4 Å². The molecule has 0 spiro atoms. The van der Waals surface area contributed by atoms with E-state index in [2.05, 4.69) is 15.6 Å². The summed E-state index contributed by atoms with van der Waals surface area (Å²) in [6.45, 7) is 6.01. The van der Waals surface area contributed by atoms with Crippen LogP contribution in [0.2, 0.25) is 0 Å². The van der Waals surface area contributed by atoms with E-state index in [1.54, 1.807) is 19.4 Å². The Labute approximate surface area is 137 Å². The van der Waals surface area contributed by atoms with Gasteiger partial charge in [-0.05, 0) is 50.1 Å². The fourth-order valence-corrected chi connectivity index (χ4v) is 2.11. The molecule has 23 heavy (non-hydrogen) atoms. The smallest absolute Gasteiger partial charge is 0.270 e. The summed E-state index contributed by atoms with van der Waals surface area (Å²) in [6, 6.07) is 9.58. The number of aromatic nitrogens is 1. The van der Waals surface area contributed by atoms with Gasteiger partial charge in [0.15, 0.2) is 0 Å². The third-order valence-corrected chi connectivity index (χ3v) is 3.62. The standard InChI is InChI=1S/C18H23N3O2/c1-5-13(3)20-18(22)16-11-14(8-9-19-16)21-15-10-12(2)6-7-17(15)23-4/h6-11,13H,5H2,1-4H3,(H,19,21)(H,20,22). The van der Waals surface area contributed by atoms with Crippen molar-refractivity contribution >= 4 is 17.3 Å². The zero-order chi connectivity index (χ0) is 16.8. The molecule has 0 bridgehead atoms. The number of amides is 1. The highest BCUT2D eigenvalue weighted by Crippen LogP contribution is 2.28. The molecule has 0 aliphatic rings. The number of nitrogens with zero attached hydrogens (tertiary/aromatic N) is 1. The van der Waals surface area contributed by atoms with Crippen LogP contribution in [-0.4, -0.2) is 24.0 Å². The van der Waals surface area contributed by atoms with Crippen molar-refractivity contribution in [2.45, 2.75) is 33.2 Å². The van der Waals surface area contributed by atoms with Gasteiger partial charge in [0.05, 0.1) is 12.8 Å². The summed E-state index contributed by atoms with van der Waals surface area (Å²) in [4.78, 5) is 16.3. The van der Waals surface area contributed by atoms with E-state index in [0.29, 0.717) is 5.69 Å². The number of rotatable bonds is 6. The van der Waals surface area contributed by atoms with Crippen LogP contribution in [0.1, 0.15) is 36.3 Å². The first-order valence-corrected chi connectivity index (χ1v) is 7.72. The fraction of sp³-hybridized carbons (Fsp3) is 0.333. The molecule has 0 aliphatic heterocycles. The van der Waals surface area contributed by atoms with Gasteiger partial charge in [0.2, 0.25) is 0 Å². The van der Waals surface area contributed by atoms with Crippen molar-refractivity contribution < 1.29 is 9.53 Å². The Bertz CT molecular complexity index is 686. The number of hydrogen-bond acceptors (Lipinski definition) is 4. The number of carbonyl (C=O) groups is 1. The lowest BCUT2D eigenvalue weighted by molar-refractivity contribution is 0.0934. The predicted octanol–water partition coefficient (Wildman–Crippen LogP) is 3.67. The van der Waals surface area contributed by atoms with Crippen LogP contribution in [0, 0.1) is 6.92 Å². The summed E-state index contributed by atoms with van der Waals surface area (Å²) in [5.41, 5.74) is 3.16. The maximum Gasteiger partial charge on any atom is 0.270 e. The van der Waals surface area contributed by atoms with Crippen molar-refractivity contribution in [2.75, 3.05) is 12.4 Å². The molecule has 1 aromatic carbocycles. The molecule has 0 aliphatic carbocycles. The van der Waals surface area contributed by atoms with Gasteiger partial charge in [0, 0.05) is 17.9 Å². The van der Waals surface area contributed by atoms with Crippen LogP contribution in [0.15, 0.2) is 36.5 Å². The third kappa shape index (κ3) is 4.45. The second-order valence-electron chi connectivity index (χ2n) is 5.54. The molecule has 1 aromatic heterocycles. The Hall–Kier alpha value is -2.56. The van der Waals surface area contributed by atoms with E-state index in [4.69, 9.17) is 4.74 Å². The number of ether oxygens (including phenoxy) is 1. The van der Waals surface area contributed by atoms with E-state index in [-0.39, 0.29) is 11.9 Å². The molecule has 1 amide bonds. The normalized spacial score (nSPS) is 11.7. The second kappa shape index (κ2) is 7.63. The summed E-state index contributed by atoms with van der Waals surface area (Å²) in [7, 11) is 1.63. The predicted molar refractivity (Wildman–Crippen MR) is 92.5 cm³/mol. The van der Waals surface area contributed by atoms with Crippen molar-refractivity contribution in [3.05, 3.63) is 47.8 Å². The van der Waals surface area contributed by atoms with E-state index in [1.165, 1.54) is 0 Å². The van der Waals surface area contributed by atoms with Crippen molar-refractivity contribution in [3.63, 3.8) is 0 Å². The van der Waals surface area contributed by atoms with Crippen LogP contribution < -0.4 is 15.4 Å². The van der Waals surface area contributed by atoms with Crippen LogP contribution >= 0.6 is 0 Å². The first-order chi connectivity index (χ1) is 11.0. The van der Waals surface area contributed by atoms with Gasteiger partial charge in [-0.2, -0.15) is 0 Å². The van der Waals surface area contributed by atoms with Crippen LogP contribution in [0.5, 0.6) is 5.75 Å². The zero-order valence-electron chi connectivity index (χ0n) is 14.0. The van der Waals surface area contributed by atoms with E-state index in [1.807, 2.05) is 45.0 Å². The number of aryl methyl sites for hydroxylation is 1. The molecule has 0 radical (unpaired) electrons. The molecule has 1 atom stereocenters. The first kappa shape index (κ1) is 16.8. The molecule has 0 saturated heterocycles. The SMILES string of the molecule is CCC(C)NC(=O)c1cc(Nc2cc(C)ccc2OC)ccn1. The number of hydrogen-bond donors (Lipinski definition) is 2. The van der Waals surface area contributed by atoms with E-state index in [9.17, 15) is 4.79 Å². The molecule has 1 heterocycles. The second-order valence-corrected chi connectivity index (χ2v) is 5.54. The Kier molecular flexibility index (Phi) is 5.57. The van der Waals surface area contributed by atoms with E-state index in [0.717, 1.165) is 29.1 Å². The average Bonchev–Trinajstić information content (AvgIpc) is 2.55.